The van der Waals surface area contributed by atoms with Crippen LogP contribution in [0.2, 0.25) is 0 Å². The van der Waals surface area contributed by atoms with Crippen molar-refractivity contribution in [1.29, 1.82) is 0 Å². The quantitative estimate of drug-likeness (QED) is 0.645. The molecule has 0 aliphatic carbocycles. The van der Waals surface area contributed by atoms with Crippen LogP contribution in [-0.2, 0) is 21.2 Å². The van der Waals surface area contributed by atoms with Crippen LogP contribution in [0, 0.1) is 5.82 Å². The van der Waals surface area contributed by atoms with E-state index in [1.165, 1.54) is 42.5 Å². The molecule has 0 saturated heterocycles. The molecule has 3 rings (SSSR count). The number of benzene rings is 2. The fourth-order valence-corrected chi connectivity index (χ4v) is 4.63. The first kappa shape index (κ1) is 21.3. The van der Waals surface area contributed by atoms with Gasteiger partial charge in [0.15, 0.2) is 0 Å². The van der Waals surface area contributed by atoms with Crippen LogP contribution in [0.3, 0.4) is 0 Å². The molecule has 0 spiro atoms. The number of carbonyl (C=O) groups excluding carboxylic acids is 1. The minimum Gasteiger partial charge on any atom is -0.494 e. The van der Waals surface area contributed by atoms with Gasteiger partial charge in [-0.3, -0.25) is 4.79 Å². The molecule has 1 aliphatic heterocycles. The van der Waals surface area contributed by atoms with Gasteiger partial charge in [-0.25, -0.2) is 17.1 Å². The molecule has 0 unspecified atom stereocenters. The molecule has 1 amide bonds. The molecule has 0 radical (unpaired) electrons. The Balaban J connectivity index is 1.62. The summed E-state index contributed by atoms with van der Waals surface area (Å²) >= 11 is 0. The Morgan fingerprint density at radius 1 is 1.21 bits per heavy atom. The first-order chi connectivity index (χ1) is 13.8. The highest BCUT2D eigenvalue weighted by molar-refractivity contribution is 7.89. The SMILES string of the molecule is CC(=O)N1CCCc2cc(S(=O)(=O)N(C)CCCOc3ccc(F)cc3)ccc21. The van der Waals surface area contributed by atoms with Crippen LogP contribution in [0.25, 0.3) is 0 Å². The van der Waals surface area contributed by atoms with E-state index >= 15 is 0 Å². The second-order valence-corrected chi connectivity index (χ2v) is 9.09. The van der Waals surface area contributed by atoms with Crippen LogP contribution in [0.5, 0.6) is 5.75 Å². The van der Waals surface area contributed by atoms with E-state index in [0.29, 0.717) is 31.9 Å². The summed E-state index contributed by atoms with van der Waals surface area (Å²) < 4.78 is 45.5. The van der Waals surface area contributed by atoms with E-state index in [1.807, 2.05) is 0 Å². The van der Waals surface area contributed by atoms with Crippen molar-refractivity contribution in [3.05, 3.63) is 53.8 Å². The van der Waals surface area contributed by atoms with E-state index in [4.69, 9.17) is 4.74 Å². The molecule has 156 valence electrons. The summed E-state index contributed by atoms with van der Waals surface area (Å²) in [6.07, 6.45) is 2.06. The Kier molecular flexibility index (Phi) is 6.54. The van der Waals surface area contributed by atoms with Crippen molar-refractivity contribution in [2.45, 2.75) is 31.1 Å². The van der Waals surface area contributed by atoms with Crippen molar-refractivity contribution < 1.29 is 22.3 Å². The zero-order chi connectivity index (χ0) is 21.0. The van der Waals surface area contributed by atoms with Gasteiger partial charge in [0.1, 0.15) is 11.6 Å². The molecule has 0 saturated carbocycles. The summed E-state index contributed by atoms with van der Waals surface area (Å²) in [6, 6.07) is 10.6. The Morgan fingerprint density at radius 2 is 1.93 bits per heavy atom. The number of carbonyl (C=O) groups is 1. The van der Waals surface area contributed by atoms with E-state index in [1.54, 1.807) is 23.1 Å². The number of rotatable bonds is 7. The third-order valence-corrected chi connectivity index (χ3v) is 6.81. The fourth-order valence-electron chi connectivity index (χ4n) is 3.37. The summed E-state index contributed by atoms with van der Waals surface area (Å²) in [6.45, 7) is 2.79. The van der Waals surface area contributed by atoms with Crippen LogP contribution in [0.15, 0.2) is 47.4 Å². The van der Waals surface area contributed by atoms with Crippen LogP contribution >= 0.6 is 0 Å². The number of anilines is 1. The number of nitrogens with zero attached hydrogens (tertiary/aromatic N) is 2. The van der Waals surface area contributed by atoms with Gasteiger partial charge in [0, 0.05) is 32.7 Å². The minimum atomic E-state index is -3.64. The van der Waals surface area contributed by atoms with Crippen LogP contribution in [-0.4, -0.2) is 45.4 Å². The summed E-state index contributed by atoms with van der Waals surface area (Å²) in [5.41, 5.74) is 1.67. The number of hydrogen-bond donors (Lipinski definition) is 0. The van der Waals surface area contributed by atoms with Gasteiger partial charge in [0.25, 0.3) is 0 Å². The lowest BCUT2D eigenvalue weighted by molar-refractivity contribution is -0.116. The third-order valence-electron chi connectivity index (χ3n) is 4.96. The summed E-state index contributed by atoms with van der Waals surface area (Å²) in [5, 5.41) is 0. The van der Waals surface area contributed by atoms with Gasteiger partial charge in [0.2, 0.25) is 15.9 Å². The third kappa shape index (κ3) is 4.94. The first-order valence-electron chi connectivity index (χ1n) is 9.55. The Bertz CT molecular complexity index is 977. The lowest BCUT2D eigenvalue weighted by Crippen LogP contribution is -2.34. The fraction of sp³-hybridized carbons (Fsp3) is 0.381. The van der Waals surface area contributed by atoms with Gasteiger partial charge < -0.3 is 9.64 Å². The van der Waals surface area contributed by atoms with Gasteiger partial charge in [-0.1, -0.05) is 0 Å². The second-order valence-electron chi connectivity index (χ2n) is 7.05. The highest BCUT2D eigenvalue weighted by Gasteiger charge is 2.25. The average molecular weight is 421 g/mol. The number of hydrogen-bond acceptors (Lipinski definition) is 4. The lowest BCUT2D eigenvalue weighted by Gasteiger charge is -2.29. The molecule has 6 nitrogen and oxygen atoms in total. The number of sulfonamides is 1. The van der Waals surface area contributed by atoms with E-state index in [0.717, 1.165) is 24.1 Å². The molecule has 1 heterocycles. The maximum absolute atomic E-state index is 12.9. The van der Waals surface area contributed by atoms with Gasteiger partial charge in [-0.15, -0.1) is 0 Å². The van der Waals surface area contributed by atoms with E-state index in [2.05, 4.69) is 0 Å². The Labute approximate surface area is 170 Å². The summed E-state index contributed by atoms with van der Waals surface area (Å²) in [7, 11) is -2.10. The molecule has 29 heavy (non-hydrogen) atoms. The van der Waals surface area contributed by atoms with Crippen LogP contribution in [0.1, 0.15) is 25.3 Å². The zero-order valence-corrected chi connectivity index (χ0v) is 17.4. The molecule has 0 aromatic heterocycles. The van der Waals surface area contributed by atoms with Crippen molar-refractivity contribution in [2.75, 3.05) is 31.6 Å². The number of aryl methyl sites for hydroxylation is 1. The Morgan fingerprint density at radius 3 is 2.62 bits per heavy atom. The van der Waals surface area contributed by atoms with Crippen molar-refractivity contribution in [2.24, 2.45) is 0 Å². The number of amides is 1. The standard InChI is InChI=1S/C21H25FN2O4S/c1-16(25)24-13-3-5-17-15-20(10-11-21(17)24)29(26,27)23(2)12-4-14-28-19-8-6-18(22)7-9-19/h6-11,15H,3-5,12-14H2,1-2H3. The van der Waals surface area contributed by atoms with Crippen molar-refractivity contribution >= 4 is 21.6 Å². The van der Waals surface area contributed by atoms with E-state index in [-0.39, 0.29) is 16.6 Å². The average Bonchev–Trinajstić information content (AvgIpc) is 2.71. The molecule has 1 aliphatic rings. The van der Waals surface area contributed by atoms with Gasteiger partial charge in [0.05, 0.1) is 11.5 Å². The molecule has 2 aromatic rings. The monoisotopic (exact) mass is 420 g/mol. The number of halogens is 1. The molecule has 0 atom stereocenters. The van der Waals surface area contributed by atoms with Crippen molar-refractivity contribution in [3.8, 4) is 5.75 Å². The molecule has 8 heteroatoms. The number of ether oxygens (including phenoxy) is 1. The summed E-state index contributed by atoms with van der Waals surface area (Å²) in [5.74, 6) is 0.168. The normalized spacial score (nSPS) is 14.0. The Hall–Kier alpha value is -2.45. The predicted octanol–water partition coefficient (Wildman–Crippen LogP) is 3.21. The van der Waals surface area contributed by atoms with Crippen molar-refractivity contribution in [1.82, 2.24) is 4.31 Å². The van der Waals surface area contributed by atoms with E-state index in [9.17, 15) is 17.6 Å². The summed E-state index contributed by atoms with van der Waals surface area (Å²) in [4.78, 5) is 13.7. The topological polar surface area (TPSA) is 66.9 Å². The van der Waals surface area contributed by atoms with Gasteiger partial charge in [-0.05, 0) is 67.3 Å². The molecule has 0 N–H and O–H groups in total. The van der Waals surface area contributed by atoms with Crippen LogP contribution < -0.4 is 9.64 Å². The van der Waals surface area contributed by atoms with Crippen molar-refractivity contribution in [3.63, 3.8) is 0 Å². The molecular weight excluding hydrogens is 395 g/mol. The first-order valence-corrected chi connectivity index (χ1v) is 11.0. The molecular formula is C21H25FN2O4S. The second kappa shape index (κ2) is 8.92. The molecule has 2 aromatic carbocycles. The predicted molar refractivity (Wildman–Crippen MR) is 109 cm³/mol. The molecule has 0 bridgehead atoms. The number of fused-ring (bicyclic) bond motifs is 1. The van der Waals surface area contributed by atoms with Gasteiger partial charge in [-0.2, -0.15) is 0 Å². The smallest absolute Gasteiger partial charge is 0.242 e. The maximum atomic E-state index is 12.9. The maximum Gasteiger partial charge on any atom is 0.242 e. The largest absolute Gasteiger partial charge is 0.494 e. The van der Waals surface area contributed by atoms with Gasteiger partial charge >= 0.3 is 0 Å². The lowest BCUT2D eigenvalue weighted by atomic mass is 10.0. The minimum absolute atomic E-state index is 0.0418. The molecule has 0 fully saturated rings. The highest BCUT2D eigenvalue weighted by atomic mass is 32.2. The van der Waals surface area contributed by atoms with E-state index < -0.39 is 10.0 Å². The highest BCUT2D eigenvalue weighted by Crippen LogP contribution is 2.30. The zero-order valence-electron chi connectivity index (χ0n) is 16.6. The van der Waals surface area contributed by atoms with Crippen LogP contribution in [0.4, 0.5) is 10.1 Å².